The fourth-order valence-corrected chi connectivity index (χ4v) is 3.27. The molecule has 3 aromatic rings. The molecule has 2 aromatic carbocycles. The van der Waals surface area contributed by atoms with Crippen molar-refractivity contribution >= 4 is 34.0 Å². The average Bonchev–Trinajstić information content (AvgIpc) is 3.12. The molecule has 0 fully saturated rings. The smallest absolute Gasteiger partial charge is 0.257 e. The van der Waals surface area contributed by atoms with Gasteiger partial charge in [-0.3, -0.25) is 14.9 Å². The standard InChI is InChI=1S/C21H21N3O2S/c1-21(2,3)17-13-27-20(23-17)24-19(26)15-9-11-16(12-10-15)22-18(25)14-7-5-4-6-8-14/h4-13H,1-3H3,(H,22,25)(H,23,24,26). The monoisotopic (exact) mass is 379 g/mol. The summed E-state index contributed by atoms with van der Waals surface area (Å²) in [7, 11) is 0. The number of benzene rings is 2. The van der Waals surface area contributed by atoms with Crippen molar-refractivity contribution in [2.24, 2.45) is 0 Å². The Hall–Kier alpha value is -2.99. The van der Waals surface area contributed by atoms with Crippen molar-refractivity contribution in [3.8, 4) is 0 Å². The van der Waals surface area contributed by atoms with Crippen LogP contribution in [0.5, 0.6) is 0 Å². The quantitative estimate of drug-likeness (QED) is 0.674. The molecule has 2 amide bonds. The number of carbonyl (C=O) groups is 2. The maximum Gasteiger partial charge on any atom is 0.257 e. The Morgan fingerprint density at radius 1 is 0.852 bits per heavy atom. The first-order valence-corrected chi connectivity index (χ1v) is 9.45. The fourth-order valence-electron chi connectivity index (χ4n) is 2.34. The van der Waals surface area contributed by atoms with Gasteiger partial charge >= 0.3 is 0 Å². The molecule has 5 nitrogen and oxygen atoms in total. The molecule has 27 heavy (non-hydrogen) atoms. The molecule has 0 aliphatic rings. The van der Waals surface area contributed by atoms with Crippen LogP contribution in [0, 0.1) is 0 Å². The second-order valence-corrected chi connectivity index (χ2v) is 8.00. The lowest BCUT2D eigenvalue weighted by molar-refractivity contribution is 0.102. The molecule has 138 valence electrons. The van der Waals surface area contributed by atoms with E-state index in [0.717, 1.165) is 5.69 Å². The molecule has 0 radical (unpaired) electrons. The van der Waals surface area contributed by atoms with Crippen molar-refractivity contribution in [3.63, 3.8) is 0 Å². The van der Waals surface area contributed by atoms with Crippen LogP contribution in [0.1, 0.15) is 47.2 Å². The Morgan fingerprint density at radius 3 is 2.04 bits per heavy atom. The Kier molecular flexibility index (Phi) is 5.37. The van der Waals surface area contributed by atoms with Gasteiger partial charge in [-0.2, -0.15) is 0 Å². The maximum absolute atomic E-state index is 12.4. The Bertz CT molecular complexity index is 942. The van der Waals surface area contributed by atoms with E-state index in [0.29, 0.717) is 21.9 Å². The average molecular weight is 379 g/mol. The Balaban J connectivity index is 1.63. The topological polar surface area (TPSA) is 71.1 Å². The van der Waals surface area contributed by atoms with E-state index in [2.05, 4.69) is 36.4 Å². The zero-order chi connectivity index (χ0) is 19.4. The summed E-state index contributed by atoms with van der Waals surface area (Å²) in [6.45, 7) is 6.24. The van der Waals surface area contributed by atoms with Gasteiger partial charge in [0.05, 0.1) is 5.69 Å². The van der Waals surface area contributed by atoms with Gasteiger partial charge in [-0.1, -0.05) is 39.0 Å². The zero-order valence-corrected chi connectivity index (χ0v) is 16.3. The van der Waals surface area contributed by atoms with Crippen molar-refractivity contribution in [2.75, 3.05) is 10.6 Å². The van der Waals surface area contributed by atoms with Crippen LogP contribution in [0.3, 0.4) is 0 Å². The predicted octanol–water partition coefficient (Wildman–Crippen LogP) is 4.95. The van der Waals surface area contributed by atoms with Gasteiger partial charge in [0.25, 0.3) is 11.8 Å². The van der Waals surface area contributed by atoms with Crippen molar-refractivity contribution < 1.29 is 9.59 Å². The summed E-state index contributed by atoms with van der Waals surface area (Å²) in [6.07, 6.45) is 0. The van der Waals surface area contributed by atoms with Crippen LogP contribution in [0.25, 0.3) is 0 Å². The van der Waals surface area contributed by atoms with Gasteiger partial charge in [0.2, 0.25) is 0 Å². The Morgan fingerprint density at radius 2 is 1.44 bits per heavy atom. The highest BCUT2D eigenvalue weighted by Gasteiger charge is 2.18. The molecule has 0 bridgehead atoms. The van der Waals surface area contributed by atoms with Crippen molar-refractivity contribution in [1.82, 2.24) is 4.98 Å². The van der Waals surface area contributed by atoms with Gasteiger partial charge in [0, 0.05) is 27.6 Å². The lowest BCUT2D eigenvalue weighted by atomic mass is 9.93. The molecule has 3 rings (SSSR count). The van der Waals surface area contributed by atoms with Crippen LogP contribution in [-0.2, 0) is 5.41 Å². The van der Waals surface area contributed by atoms with Crippen molar-refractivity contribution in [3.05, 3.63) is 76.8 Å². The van der Waals surface area contributed by atoms with Crippen LogP contribution in [0.2, 0.25) is 0 Å². The highest BCUT2D eigenvalue weighted by atomic mass is 32.1. The number of nitrogens with zero attached hydrogens (tertiary/aromatic N) is 1. The number of aromatic nitrogens is 1. The summed E-state index contributed by atoms with van der Waals surface area (Å²) in [5.41, 5.74) is 2.60. The van der Waals surface area contributed by atoms with E-state index in [1.807, 2.05) is 23.6 Å². The van der Waals surface area contributed by atoms with E-state index in [9.17, 15) is 9.59 Å². The minimum absolute atomic E-state index is 0.0575. The second kappa shape index (κ2) is 7.72. The molecular weight excluding hydrogens is 358 g/mol. The minimum atomic E-state index is -0.231. The van der Waals surface area contributed by atoms with E-state index < -0.39 is 0 Å². The van der Waals surface area contributed by atoms with Crippen LogP contribution in [-0.4, -0.2) is 16.8 Å². The zero-order valence-electron chi connectivity index (χ0n) is 15.4. The van der Waals surface area contributed by atoms with E-state index in [1.54, 1.807) is 36.4 Å². The highest BCUT2D eigenvalue weighted by Crippen LogP contribution is 2.26. The van der Waals surface area contributed by atoms with Crippen LogP contribution < -0.4 is 10.6 Å². The first-order chi connectivity index (χ1) is 12.8. The molecular formula is C21H21N3O2S. The third-order valence-electron chi connectivity index (χ3n) is 3.93. The van der Waals surface area contributed by atoms with Gasteiger partial charge in [-0.15, -0.1) is 11.3 Å². The fraction of sp³-hybridized carbons (Fsp3) is 0.190. The number of nitrogens with one attached hydrogen (secondary N) is 2. The number of rotatable bonds is 4. The maximum atomic E-state index is 12.4. The number of carbonyl (C=O) groups excluding carboxylic acids is 2. The number of hydrogen-bond acceptors (Lipinski definition) is 4. The second-order valence-electron chi connectivity index (χ2n) is 7.14. The van der Waals surface area contributed by atoms with Gasteiger partial charge < -0.3 is 5.32 Å². The Labute approximate surface area is 162 Å². The van der Waals surface area contributed by atoms with E-state index in [1.165, 1.54) is 11.3 Å². The number of thiazole rings is 1. The summed E-state index contributed by atoms with van der Waals surface area (Å²) >= 11 is 1.41. The minimum Gasteiger partial charge on any atom is -0.322 e. The molecule has 1 aromatic heterocycles. The van der Waals surface area contributed by atoms with E-state index in [4.69, 9.17) is 0 Å². The number of anilines is 2. The third-order valence-corrected chi connectivity index (χ3v) is 4.69. The lowest BCUT2D eigenvalue weighted by Gasteiger charge is -2.14. The summed E-state index contributed by atoms with van der Waals surface area (Å²) in [5, 5.41) is 8.16. The van der Waals surface area contributed by atoms with Gasteiger partial charge in [-0.05, 0) is 36.4 Å². The first kappa shape index (κ1) is 18.8. The van der Waals surface area contributed by atoms with Crippen molar-refractivity contribution in [2.45, 2.75) is 26.2 Å². The molecule has 0 aliphatic carbocycles. The molecule has 0 saturated heterocycles. The summed E-state index contributed by atoms with van der Waals surface area (Å²) in [6, 6.07) is 15.7. The predicted molar refractivity (Wildman–Crippen MR) is 110 cm³/mol. The molecule has 0 atom stereocenters. The van der Waals surface area contributed by atoms with Crippen LogP contribution in [0.15, 0.2) is 60.0 Å². The van der Waals surface area contributed by atoms with E-state index >= 15 is 0 Å². The van der Waals surface area contributed by atoms with Gasteiger partial charge in [-0.25, -0.2) is 4.98 Å². The number of hydrogen-bond donors (Lipinski definition) is 2. The first-order valence-electron chi connectivity index (χ1n) is 8.57. The molecule has 6 heteroatoms. The van der Waals surface area contributed by atoms with Gasteiger partial charge in [0.15, 0.2) is 5.13 Å². The molecule has 0 spiro atoms. The van der Waals surface area contributed by atoms with Crippen LogP contribution >= 0.6 is 11.3 Å². The molecule has 0 unspecified atom stereocenters. The summed E-state index contributed by atoms with van der Waals surface area (Å²) in [5.74, 6) is -0.420. The van der Waals surface area contributed by atoms with Crippen LogP contribution in [0.4, 0.5) is 10.8 Å². The highest BCUT2D eigenvalue weighted by molar-refractivity contribution is 7.14. The van der Waals surface area contributed by atoms with Crippen molar-refractivity contribution in [1.29, 1.82) is 0 Å². The normalized spacial score (nSPS) is 11.1. The van der Waals surface area contributed by atoms with Gasteiger partial charge in [0.1, 0.15) is 0 Å². The third kappa shape index (κ3) is 4.80. The molecule has 1 heterocycles. The van der Waals surface area contributed by atoms with E-state index in [-0.39, 0.29) is 17.2 Å². The largest absolute Gasteiger partial charge is 0.322 e. The molecule has 0 saturated carbocycles. The number of amides is 2. The lowest BCUT2D eigenvalue weighted by Crippen LogP contribution is -2.15. The SMILES string of the molecule is CC(C)(C)c1csc(NC(=O)c2ccc(NC(=O)c3ccccc3)cc2)n1. The summed E-state index contributed by atoms with van der Waals surface area (Å²) < 4.78 is 0. The summed E-state index contributed by atoms with van der Waals surface area (Å²) in [4.78, 5) is 29.0. The molecule has 2 N–H and O–H groups in total. The molecule has 0 aliphatic heterocycles.